The van der Waals surface area contributed by atoms with Crippen LogP contribution < -0.4 is 4.72 Å². The fourth-order valence-electron chi connectivity index (χ4n) is 2.01. The summed E-state index contributed by atoms with van der Waals surface area (Å²) in [6, 6.07) is 4.02. The molecule has 0 amide bonds. The Balaban J connectivity index is 2.18. The van der Waals surface area contributed by atoms with Gasteiger partial charge in [-0.25, -0.2) is 4.39 Å². The lowest BCUT2D eigenvalue weighted by molar-refractivity contribution is 0.359. The van der Waals surface area contributed by atoms with E-state index in [0.717, 1.165) is 12.8 Å². The molecule has 1 aromatic carbocycles. The van der Waals surface area contributed by atoms with Gasteiger partial charge < -0.3 is 0 Å². The van der Waals surface area contributed by atoms with Crippen molar-refractivity contribution in [1.29, 1.82) is 0 Å². The summed E-state index contributed by atoms with van der Waals surface area (Å²) in [5.41, 5.74) is 0.979. The zero-order valence-corrected chi connectivity index (χ0v) is 12.2. The van der Waals surface area contributed by atoms with Crippen LogP contribution in [0, 0.1) is 18.7 Å². The average Bonchev–Trinajstić information content (AvgIpc) is 3.15. The van der Waals surface area contributed by atoms with E-state index in [0.29, 0.717) is 11.5 Å². The number of rotatable bonds is 5. The highest BCUT2D eigenvalue weighted by Gasteiger charge is 2.35. The first-order chi connectivity index (χ1) is 8.81. The average molecular weight is 286 g/mol. The first-order valence-corrected chi connectivity index (χ1v) is 7.77. The lowest BCUT2D eigenvalue weighted by Gasteiger charge is -2.25. The molecular formula is C13H19FN2O2S. The molecule has 4 nitrogen and oxygen atoms in total. The standard InChI is InChI=1S/C13H19FN2O2S/c1-9-4-7-12(14)8-13(9)15-19(17,18)16(3)10(2)11-5-6-11/h4,7-8,10-11,15H,5-6H2,1-3H3/t10-/m0/s1. The smallest absolute Gasteiger partial charge is 0.271 e. The molecule has 0 aromatic heterocycles. The lowest BCUT2D eigenvalue weighted by atomic mass is 10.2. The lowest BCUT2D eigenvalue weighted by Crippen LogP contribution is -2.40. The molecule has 1 N–H and O–H groups in total. The van der Waals surface area contributed by atoms with Gasteiger partial charge in [0.15, 0.2) is 0 Å². The van der Waals surface area contributed by atoms with E-state index >= 15 is 0 Å². The van der Waals surface area contributed by atoms with Crippen molar-refractivity contribution in [3.8, 4) is 0 Å². The van der Waals surface area contributed by atoms with Crippen molar-refractivity contribution in [3.63, 3.8) is 0 Å². The summed E-state index contributed by atoms with van der Waals surface area (Å²) in [7, 11) is -2.08. The van der Waals surface area contributed by atoms with Crippen LogP contribution in [0.5, 0.6) is 0 Å². The van der Waals surface area contributed by atoms with Gasteiger partial charge in [-0.05, 0) is 50.3 Å². The van der Waals surface area contributed by atoms with Crippen LogP contribution in [-0.4, -0.2) is 25.8 Å². The number of hydrogen-bond acceptors (Lipinski definition) is 2. The van der Waals surface area contributed by atoms with Crippen molar-refractivity contribution in [2.45, 2.75) is 32.7 Å². The molecule has 0 radical (unpaired) electrons. The van der Waals surface area contributed by atoms with Crippen LogP contribution >= 0.6 is 0 Å². The molecule has 1 saturated carbocycles. The van der Waals surface area contributed by atoms with Crippen LogP contribution in [0.25, 0.3) is 0 Å². The normalized spacial score (nSPS) is 17.5. The van der Waals surface area contributed by atoms with Gasteiger partial charge in [0.05, 0.1) is 5.69 Å². The number of nitrogens with one attached hydrogen (secondary N) is 1. The Morgan fingerprint density at radius 2 is 2.05 bits per heavy atom. The summed E-state index contributed by atoms with van der Waals surface area (Å²) in [5.74, 6) is -0.0172. The summed E-state index contributed by atoms with van der Waals surface area (Å²) in [4.78, 5) is 0. The van der Waals surface area contributed by atoms with Crippen LogP contribution in [0.15, 0.2) is 18.2 Å². The van der Waals surface area contributed by atoms with Crippen molar-refractivity contribution in [2.75, 3.05) is 11.8 Å². The van der Waals surface area contributed by atoms with Gasteiger partial charge in [-0.1, -0.05) is 6.07 Å². The van der Waals surface area contributed by atoms with Crippen LogP contribution in [-0.2, 0) is 10.2 Å². The monoisotopic (exact) mass is 286 g/mol. The predicted molar refractivity (Wildman–Crippen MR) is 73.6 cm³/mol. The van der Waals surface area contributed by atoms with Crippen molar-refractivity contribution in [3.05, 3.63) is 29.6 Å². The summed E-state index contributed by atoms with van der Waals surface area (Å²) in [5, 5.41) is 0. The maximum Gasteiger partial charge on any atom is 0.301 e. The van der Waals surface area contributed by atoms with Crippen LogP contribution in [0.4, 0.5) is 10.1 Å². The van der Waals surface area contributed by atoms with Crippen molar-refractivity contribution in [1.82, 2.24) is 4.31 Å². The number of hydrogen-bond donors (Lipinski definition) is 1. The summed E-state index contributed by atoms with van der Waals surface area (Å²) >= 11 is 0. The summed E-state index contributed by atoms with van der Waals surface area (Å²) < 4.78 is 41.4. The molecule has 0 unspecified atom stereocenters. The molecule has 1 fully saturated rings. The summed E-state index contributed by atoms with van der Waals surface area (Å²) in [6.07, 6.45) is 2.14. The van der Waals surface area contributed by atoms with Gasteiger partial charge in [-0.3, -0.25) is 4.72 Å². The molecule has 6 heteroatoms. The van der Waals surface area contributed by atoms with E-state index in [1.54, 1.807) is 20.0 Å². The Bertz CT molecular complexity index is 570. The first kappa shape index (κ1) is 14.3. The minimum Gasteiger partial charge on any atom is -0.271 e. The van der Waals surface area contributed by atoms with E-state index in [1.165, 1.54) is 16.4 Å². The van der Waals surface area contributed by atoms with Gasteiger partial charge in [-0.2, -0.15) is 12.7 Å². The zero-order valence-electron chi connectivity index (χ0n) is 11.4. The number of aryl methyl sites for hydroxylation is 1. The van der Waals surface area contributed by atoms with Gasteiger partial charge in [-0.15, -0.1) is 0 Å². The molecule has 106 valence electrons. The molecule has 0 spiro atoms. The van der Waals surface area contributed by atoms with Crippen LogP contribution in [0.2, 0.25) is 0 Å². The second kappa shape index (κ2) is 5.09. The molecule has 19 heavy (non-hydrogen) atoms. The number of benzene rings is 1. The maximum absolute atomic E-state index is 13.2. The Labute approximate surface area is 113 Å². The van der Waals surface area contributed by atoms with Gasteiger partial charge in [0, 0.05) is 13.1 Å². The number of nitrogens with zero attached hydrogens (tertiary/aromatic N) is 1. The zero-order chi connectivity index (χ0) is 14.2. The maximum atomic E-state index is 13.2. The largest absolute Gasteiger partial charge is 0.301 e. The quantitative estimate of drug-likeness (QED) is 0.904. The third-order valence-corrected chi connectivity index (χ3v) is 5.26. The molecule has 0 saturated heterocycles. The Hall–Kier alpha value is -1.14. The molecule has 0 aliphatic heterocycles. The van der Waals surface area contributed by atoms with E-state index in [-0.39, 0.29) is 11.7 Å². The fourth-order valence-corrected chi connectivity index (χ4v) is 3.26. The van der Waals surface area contributed by atoms with E-state index in [1.807, 2.05) is 6.92 Å². The van der Waals surface area contributed by atoms with E-state index < -0.39 is 16.0 Å². The van der Waals surface area contributed by atoms with E-state index in [4.69, 9.17) is 0 Å². The molecule has 0 bridgehead atoms. The van der Waals surface area contributed by atoms with Crippen molar-refractivity contribution < 1.29 is 12.8 Å². The van der Waals surface area contributed by atoms with E-state index in [2.05, 4.69) is 4.72 Å². The molecule has 1 atom stereocenters. The topological polar surface area (TPSA) is 49.4 Å². The molecule has 0 heterocycles. The SMILES string of the molecule is Cc1ccc(F)cc1NS(=O)(=O)N(C)[C@@H](C)C1CC1. The minimum atomic E-state index is -3.64. The number of halogens is 1. The van der Waals surface area contributed by atoms with Crippen LogP contribution in [0.3, 0.4) is 0 Å². The summed E-state index contributed by atoms with van der Waals surface area (Å²) in [6.45, 7) is 3.64. The second-order valence-electron chi connectivity index (χ2n) is 5.16. The molecule has 1 aliphatic carbocycles. The highest BCUT2D eigenvalue weighted by molar-refractivity contribution is 7.90. The predicted octanol–water partition coefficient (Wildman–Crippen LogP) is 2.52. The van der Waals surface area contributed by atoms with Gasteiger partial charge in [0.2, 0.25) is 0 Å². The fraction of sp³-hybridized carbons (Fsp3) is 0.538. The molecular weight excluding hydrogens is 267 g/mol. The minimum absolute atomic E-state index is 0.0358. The van der Waals surface area contributed by atoms with Crippen molar-refractivity contribution >= 4 is 15.9 Å². The Kier molecular flexibility index (Phi) is 3.82. The van der Waals surface area contributed by atoms with Gasteiger partial charge >= 0.3 is 10.2 Å². The highest BCUT2D eigenvalue weighted by Crippen LogP contribution is 2.35. The molecule has 2 rings (SSSR count). The van der Waals surface area contributed by atoms with E-state index in [9.17, 15) is 12.8 Å². The van der Waals surface area contributed by atoms with Gasteiger partial charge in [0.1, 0.15) is 5.82 Å². The van der Waals surface area contributed by atoms with Crippen molar-refractivity contribution in [2.24, 2.45) is 5.92 Å². The second-order valence-corrected chi connectivity index (χ2v) is 6.89. The first-order valence-electron chi connectivity index (χ1n) is 6.33. The third-order valence-electron chi connectivity index (χ3n) is 3.70. The Morgan fingerprint density at radius 3 is 2.63 bits per heavy atom. The molecule has 1 aromatic rings. The molecule has 1 aliphatic rings. The van der Waals surface area contributed by atoms with Gasteiger partial charge in [0.25, 0.3) is 0 Å². The highest BCUT2D eigenvalue weighted by atomic mass is 32.2. The Morgan fingerprint density at radius 1 is 1.42 bits per heavy atom. The van der Waals surface area contributed by atoms with Crippen LogP contribution in [0.1, 0.15) is 25.3 Å². The third kappa shape index (κ3) is 3.25. The number of anilines is 1.